The topological polar surface area (TPSA) is 118 Å². The molecule has 0 bridgehead atoms. The Morgan fingerprint density at radius 1 is 1.47 bits per heavy atom. The molecule has 0 aliphatic carbocycles. The third-order valence-electron chi connectivity index (χ3n) is 2.34. The van der Waals surface area contributed by atoms with Gasteiger partial charge in [-0.1, -0.05) is 0 Å². The van der Waals surface area contributed by atoms with E-state index in [1.807, 2.05) is 0 Å². The van der Waals surface area contributed by atoms with Crippen molar-refractivity contribution in [1.29, 1.82) is 0 Å². The van der Waals surface area contributed by atoms with Crippen LogP contribution in [0.1, 0.15) is 18.0 Å². The third kappa shape index (κ3) is 3.18. The SMILES string of the molecule is CS(=O)(=O)c1c(F)cc(C(N)CC(=O)O)c(O)c1F. The number of hydrogen-bond donors (Lipinski definition) is 3. The molecular formula is C10H11F2NO5S. The Hall–Kier alpha value is -1.74. The van der Waals surface area contributed by atoms with Gasteiger partial charge < -0.3 is 15.9 Å². The van der Waals surface area contributed by atoms with Gasteiger partial charge in [0.25, 0.3) is 0 Å². The fraction of sp³-hybridized carbons (Fsp3) is 0.300. The molecule has 1 aromatic carbocycles. The zero-order valence-electron chi connectivity index (χ0n) is 9.72. The first-order valence-electron chi connectivity index (χ1n) is 4.94. The van der Waals surface area contributed by atoms with Crippen LogP contribution in [0.15, 0.2) is 11.0 Å². The summed E-state index contributed by atoms with van der Waals surface area (Å²) >= 11 is 0. The van der Waals surface area contributed by atoms with Gasteiger partial charge in [-0.15, -0.1) is 0 Å². The Kier molecular flexibility index (Phi) is 4.11. The smallest absolute Gasteiger partial charge is 0.305 e. The second kappa shape index (κ2) is 5.10. The predicted molar refractivity (Wildman–Crippen MR) is 60.3 cm³/mol. The van der Waals surface area contributed by atoms with E-state index in [9.17, 15) is 27.1 Å². The summed E-state index contributed by atoms with van der Waals surface area (Å²) in [4.78, 5) is 9.16. The Morgan fingerprint density at radius 2 is 2.00 bits per heavy atom. The van der Waals surface area contributed by atoms with Crippen LogP contribution in [0.4, 0.5) is 8.78 Å². The van der Waals surface area contributed by atoms with Crippen molar-refractivity contribution >= 4 is 15.8 Å². The van der Waals surface area contributed by atoms with Crippen molar-refractivity contribution in [3.05, 3.63) is 23.3 Å². The number of carboxylic acid groups (broad SMARTS) is 1. The van der Waals surface area contributed by atoms with Gasteiger partial charge >= 0.3 is 5.97 Å². The fourth-order valence-electron chi connectivity index (χ4n) is 1.53. The molecule has 0 fully saturated rings. The van der Waals surface area contributed by atoms with Gasteiger partial charge in [0.15, 0.2) is 21.4 Å². The van der Waals surface area contributed by atoms with Gasteiger partial charge in [-0.05, 0) is 6.07 Å². The minimum atomic E-state index is -4.22. The lowest BCUT2D eigenvalue weighted by molar-refractivity contribution is -0.137. The largest absolute Gasteiger partial charge is 0.505 e. The van der Waals surface area contributed by atoms with E-state index < -0.39 is 56.1 Å². The summed E-state index contributed by atoms with van der Waals surface area (Å²) in [6, 6.07) is -0.849. The Labute approximate surface area is 107 Å². The summed E-state index contributed by atoms with van der Waals surface area (Å²) in [7, 11) is -4.22. The van der Waals surface area contributed by atoms with Crippen molar-refractivity contribution < 1.29 is 32.2 Å². The molecule has 0 aromatic heterocycles. The van der Waals surface area contributed by atoms with Crippen LogP contribution < -0.4 is 5.73 Å². The molecule has 0 aliphatic heterocycles. The van der Waals surface area contributed by atoms with Crippen molar-refractivity contribution in [2.75, 3.05) is 6.26 Å². The molecule has 0 saturated heterocycles. The number of carboxylic acids is 1. The number of phenols is 1. The molecule has 1 rings (SSSR count). The van der Waals surface area contributed by atoms with E-state index in [2.05, 4.69) is 0 Å². The van der Waals surface area contributed by atoms with E-state index in [1.165, 1.54) is 0 Å². The lowest BCUT2D eigenvalue weighted by atomic mass is 10.0. The highest BCUT2D eigenvalue weighted by atomic mass is 32.2. The van der Waals surface area contributed by atoms with Gasteiger partial charge in [0.2, 0.25) is 0 Å². The molecular weight excluding hydrogens is 284 g/mol. The monoisotopic (exact) mass is 295 g/mol. The molecule has 1 unspecified atom stereocenters. The maximum Gasteiger partial charge on any atom is 0.305 e. The first-order valence-corrected chi connectivity index (χ1v) is 6.83. The first kappa shape index (κ1) is 15.3. The van der Waals surface area contributed by atoms with Crippen LogP contribution in [0, 0.1) is 11.6 Å². The molecule has 0 heterocycles. The molecule has 1 atom stereocenters. The number of aromatic hydroxyl groups is 1. The van der Waals surface area contributed by atoms with Crippen LogP contribution in [-0.4, -0.2) is 30.9 Å². The van der Waals surface area contributed by atoms with Crippen molar-refractivity contribution in [3.8, 4) is 5.75 Å². The van der Waals surface area contributed by atoms with Gasteiger partial charge in [0.1, 0.15) is 10.7 Å². The fourth-order valence-corrected chi connectivity index (χ4v) is 2.37. The van der Waals surface area contributed by atoms with E-state index in [-0.39, 0.29) is 0 Å². The van der Waals surface area contributed by atoms with Crippen molar-refractivity contribution in [1.82, 2.24) is 0 Å². The predicted octanol–water partition coefficient (Wildman–Crippen LogP) is 0.548. The van der Waals surface area contributed by atoms with Crippen LogP contribution in [0.3, 0.4) is 0 Å². The molecule has 0 aliphatic rings. The summed E-state index contributed by atoms with van der Waals surface area (Å²) in [6.07, 6.45) is -0.102. The molecule has 0 radical (unpaired) electrons. The Bertz CT molecular complexity index is 629. The first-order chi connectivity index (χ1) is 8.55. The highest BCUT2D eigenvalue weighted by Gasteiger charge is 2.27. The average Bonchev–Trinajstić information content (AvgIpc) is 2.20. The molecule has 4 N–H and O–H groups in total. The van der Waals surface area contributed by atoms with E-state index >= 15 is 0 Å². The second-order valence-corrected chi connectivity index (χ2v) is 5.87. The highest BCUT2D eigenvalue weighted by molar-refractivity contribution is 7.90. The van der Waals surface area contributed by atoms with Gasteiger partial charge in [0, 0.05) is 17.9 Å². The van der Waals surface area contributed by atoms with Gasteiger partial charge in [-0.3, -0.25) is 4.79 Å². The number of sulfone groups is 1. The lowest BCUT2D eigenvalue weighted by Crippen LogP contribution is -2.17. The van der Waals surface area contributed by atoms with Crippen molar-refractivity contribution in [2.24, 2.45) is 5.73 Å². The molecule has 1 aromatic rings. The molecule has 0 amide bonds. The number of phenolic OH excluding ortho intramolecular Hbond substituents is 1. The van der Waals surface area contributed by atoms with E-state index in [4.69, 9.17) is 10.8 Å². The van der Waals surface area contributed by atoms with Crippen LogP contribution in [0.25, 0.3) is 0 Å². The summed E-state index contributed by atoms with van der Waals surface area (Å²) in [6.45, 7) is 0. The molecule has 106 valence electrons. The second-order valence-electron chi connectivity index (χ2n) is 3.92. The van der Waals surface area contributed by atoms with Gasteiger partial charge in [-0.2, -0.15) is 0 Å². The summed E-state index contributed by atoms with van der Waals surface area (Å²) in [5.74, 6) is -5.62. The maximum absolute atomic E-state index is 13.6. The zero-order valence-corrected chi connectivity index (χ0v) is 10.5. The number of halogens is 2. The van der Waals surface area contributed by atoms with Crippen LogP contribution in [0.2, 0.25) is 0 Å². The maximum atomic E-state index is 13.6. The van der Waals surface area contributed by atoms with E-state index in [0.29, 0.717) is 12.3 Å². The van der Waals surface area contributed by atoms with Crippen molar-refractivity contribution in [2.45, 2.75) is 17.4 Å². The number of rotatable bonds is 4. The van der Waals surface area contributed by atoms with Crippen LogP contribution in [0.5, 0.6) is 5.75 Å². The number of benzene rings is 1. The summed E-state index contributed by atoms with van der Waals surface area (Å²) < 4.78 is 49.5. The van der Waals surface area contributed by atoms with E-state index in [1.54, 1.807) is 0 Å². The Morgan fingerprint density at radius 3 is 2.42 bits per heavy atom. The van der Waals surface area contributed by atoms with Crippen LogP contribution >= 0.6 is 0 Å². The Balaban J connectivity index is 3.46. The summed E-state index contributed by atoms with van der Waals surface area (Å²) in [5.41, 5.74) is 4.86. The minimum Gasteiger partial charge on any atom is -0.505 e. The molecule has 0 saturated carbocycles. The number of hydrogen-bond acceptors (Lipinski definition) is 5. The third-order valence-corrected chi connectivity index (χ3v) is 3.46. The number of aliphatic carboxylic acids is 1. The van der Waals surface area contributed by atoms with Gasteiger partial charge in [-0.25, -0.2) is 17.2 Å². The summed E-state index contributed by atoms with van der Waals surface area (Å²) in [5, 5.41) is 18.0. The number of nitrogens with two attached hydrogens (primary N) is 1. The van der Waals surface area contributed by atoms with Gasteiger partial charge in [0.05, 0.1) is 6.42 Å². The normalized spacial score (nSPS) is 13.3. The highest BCUT2D eigenvalue weighted by Crippen LogP contribution is 2.33. The molecule has 0 spiro atoms. The lowest BCUT2D eigenvalue weighted by Gasteiger charge is -2.14. The average molecular weight is 295 g/mol. The zero-order chi connectivity index (χ0) is 15.0. The quantitative estimate of drug-likeness (QED) is 0.746. The van der Waals surface area contributed by atoms with Crippen LogP contribution in [-0.2, 0) is 14.6 Å². The molecule has 9 heteroatoms. The van der Waals surface area contributed by atoms with Crippen molar-refractivity contribution in [3.63, 3.8) is 0 Å². The molecule has 6 nitrogen and oxygen atoms in total. The standard InChI is InChI=1S/C10H11F2NO5S/c1-19(17,18)10-5(11)2-4(9(16)8(10)12)6(13)3-7(14)15/h2,6,16H,3,13H2,1H3,(H,14,15). The van der Waals surface area contributed by atoms with E-state index in [0.717, 1.165) is 0 Å². The minimum absolute atomic E-state index is 0.509. The molecule has 19 heavy (non-hydrogen) atoms. The number of carbonyl (C=O) groups is 1.